The van der Waals surface area contributed by atoms with E-state index in [0.29, 0.717) is 5.56 Å². The van der Waals surface area contributed by atoms with Crippen LogP contribution >= 0.6 is 11.3 Å². The Kier molecular flexibility index (Phi) is 4.79. The van der Waals surface area contributed by atoms with Gasteiger partial charge in [-0.3, -0.25) is 4.79 Å². The topological polar surface area (TPSA) is 49.3 Å². The molecule has 2 N–H and O–H groups in total. The number of amides is 1. The Hall–Kier alpha value is -2.43. The normalized spacial score (nSPS) is 13.2. The van der Waals surface area contributed by atoms with Crippen LogP contribution in [0.1, 0.15) is 22.8 Å². The van der Waals surface area contributed by atoms with E-state index >= 15 is 0 Å². The van der Waals surface area contributed by atoms with Gasteiger partial charge in [0.25, 0.3) is 5.91 Å². The molecule has 4 heteroatoms. The minimum absolute atomic E-state index is 0.158. The quantitative estimate of drug-likeness (QED) is 0.738. The zero-order valence-corrected chi connectivity index (χ0v) is 14.2. The van der Waals surface area contributed by atoms with Gasteiger partial charge in [-0.05, 0) is 46.5 Å². The van der Waals surface area contributed by atoms with Gasteiger partial charge in [0.05, 0.1) is 6.54 Å². The summed E-state index contributed by atoms with van der Waals surface area (Å²) in [5.41, 5.74) is 2.20. The zero-order valence-electron chi connectivity index (χ0n) is 13.4. The molecule has 0 fully saturated rings. The first-order chi connectivity index (χ1) is 11.6. The molecule has 3 rings (SSSR count). The number of thiophene rings is 1. The molecule has 0 saturated heterocycles. The first-order valence-corrected chi connectivity index (χ1v) is 8.70. The number of hydrogen-bond acceptors (Lipinski definition) is 3. The molecule has 0 spiro atoms. The number of rotatable bonds is 5. The van der Waals surface area contributed by atoms with Crippen LogP contribution in [0.15, 0.2) is 71.4 Å². The lowest BCUT2D eigenvalue weighted by molar-refractivity contribution is 0.0530. The maximum Gasteiger partial charge on any atom is 0.252 e. The van der Waals surface area contributed by atoms with E-state index in [9.17, 15) is 9.90 Å². The van der Waals surface area contributed by atoms with Crippen LogP contribution in [0.3, 0.4) is 0 Å². The van der Waals surface area contributed by atoms with Gasteiger partial charge in [0, 0.05) is 5.56 Å². The van der Waals surface area contributed by atoms with Crippen LogP contribution in [0.5, 0.6) is 0 Å². The Morgan fingerprint density at radius 1 is 1.08 bits per heavy atom. The predicted octanol–water partition coefficient (Wildman–Crippen LogP) is 4.05. The van der Waals surface area contributed by atoms with Crippen LogP contribution in [-0.2, 0) is 5.60 Å². The molecule has 1 heterocycles. The highest BCUT2D eigenvalue weighted by molar-refractivity contribution is 7.08. The average Bonchev–Trinajstić information content (AvgIpc) is 3.16. The Labute approximate surface area is 145 Å². The summed E-state index contributed by atoms with van der Waals surface area (Å²) in [4.78, 5) is 12.6. The number of benzene rings is 2. The van der Waals surface area contributed by atoms with Gasteiger partial charge in [-0.15, -0.1) is 0 Å². The van der Waals surface area contributed by atoms with E-state index in [0.717, 1.165) is 16.7 Å². The second-order valence-electron chi connectivity index (χ2n) is 5.88. The summed E-state index contributed by atoms with van der Waals surface area (Å²) in [7, 11) is 0. The Morgan fingerprint density at radius 2 is 1.79 bits per heavy atom. The Morgan fingerprint density at radius 3 is 2.50 bits per heavy atom. The lowest BCUT2D eigenvalue weighted by atomic mass is 9.97. The second kappa shape index (κ2) is 6.99. The second-order valence-corrected chi connectivity index (χ2v) is 6.66. The Balaban J connectivity index is 1.79. The van der Waals surface area contributed by atoms with Crippen LogP contribution in [-0.4, -0.2) is 17.6 Å². The molecule has 1 unspecified atom stereocenters. The third kappa shape index (κ3) is 3.55. The monoisotopic (exact) mass is 337 g/mol. The molecule has 2 aromatic carbocycles. The lowest BCUT2D eigenvalue weighted by Gasteiger charge is -2.23. The van der Waals surface area contributed by atoms with Gasteiger partial charge in [0.15, 0.2) is 0 Å². The van der Waals surface area contributed by atoms with Gasteiger partial charge >= 0.3 is 0 Å². The molecule has 0 aliphatic carbocycles. The number of hydrogen-bond donors (Lipinski definition) is 2. The van der Waals surface area contributed by atoms with E-state index in [2.05, 4.69) is 5.32 Å². The third-order valence-electron chi connectivity index (χ3n) is 3.99. The largest absolute Gasteiger partial charge is 0.384 e. The molecule has 1 atom stereocenters. The fraction of sp³-hybridized carbons (Fsp3) is 0.150. The summed E-state index contributed by atoms with van der Waals surface area (Å²) in [6.07, 6.45) is 0. The average molecular weight is 337 g/mol. The first-order valence-electron chi connectivity index (χ1n) is 7.75. The highest BCUT2D eigenvalue weighted by Gasteiger charge is 2.25. The molecule has 0 aliphatic heterocycles. The molecule has 0 bridgehead atoms. The maximum atomic E-state index is 12.6. The summed E-state index contributed by atoms with van der Waals surface area (Å²) >= 11 is 1.52. The van der Waals surface area contributed by atoms with Crippen molar-refractivity contribution in [1.82, 2.24) is 5.32 Å². The summed E-state index contributed by atoms with van der Waals surface area (Å²) in [5.74, 6) is -0.190. The van der Waals surface area contributed by atoms with Crippen LogP contribution in [0.4, 0.5) is 0 Å². The molecule has 122 valence electrons. The first kappa shape index (κ1) is 16.4. The Bertz CT molecular complexity index is 811. The van der Waals surface area contributed by atoms with Gasteiger partial charge in [0.2, 0.25) is 0 Å². The van der Waals surface area contributed by atoms with E-state index in [1.807, 2.05) is 65.4 Å². The summed E-state index contributed by atoms with van der Waals surface area (Å²) in [5, 5.41) is 17.2. The molecule has 0 saturated carbocycles. The van der Waals surface area contributed by atoms with Crippen molar-refractivity contribution in [2.24, 2.45) is 0 Å². The van der Waals surface area contributed by atoms with Gasteiger partial charge in [-0.2, -0.15) is 11.3 Å². The van der Waals surface area contributed by atoms with Crippen molar-refractivity contribution in [3.63, 3.8) is 0 Å². The molecule has 3 nitrogen and oxygen atoms in total. The fourth-order valence-corrected chi connectivity index (χ4v) is 3.35. The van der Waals surface area contributed by atoms with Crippen molar-refractivity contribution in [3.8, 4) is 11.1 Å². The summed E-state index contributed by atoms with van der Waals surface area (Å²) in [6.45, 7) is 1.87. The minimum atomic E-state index is -1.09. The maximum absolute atomic E-state index is 12.6. The van der Waals surface area contributed by atoms with Gasteiger partial charge < -0.3 is 10.4 Å². The molecular weight excluding hydrogens is 318 g/mol. The molecule has 24 heavy (non-hydrogen) atoms. The predicted molar refractivity (Wildman–Crippen MR) is 98.1 cm³/mol. The summed E-state index contributed by atoms with van der Waals surface area (Å²) < 4.78 is 0. The van der Waals surface area contributed by atoms with Gasteiger partial charge in [0.1, 0.15) is 5.60 Å². The number of carbonyl (C=O) groups excluding carboxylic acids is 1. The molecule has 1 amide bonds. The third-order valence-corrected chi connectivity index (χ3v) is 4.68. The van der Waals surface area contributed by atoms with Gasteiger partial charge in [-0.25, -0.2) is 0 Å². The van der Waals surface area contributed by atoms with Gasteiger partial charge in [-0.1, -0.05) is 48.5 Å². The highest BCUT2D eigenvalue weighted by atomic mass is 32.1. The van der Waals surface area contributed by atoms with E-state index < -0.39 is 5.60 Å². The van der Waals surface area contributed by atoms with Crippen LogP contribution < -0.4 is 5.32 Å². The number of carbonyl (C=O) groups is 1. The van der Waals surface area contributed by atoms with Crippen molar-refractivity contribution in [1.29, 1.82) is 0 Å². The van der Waals surface area contributed by atoms with Crippen molar-refractivity contribution in [2.45, 2.75) is 12.5 Å². The number of nitrogens with one attached hydrogen (secondary N) is 1. The van der Waals surface area contributed by atoms with E-state index in [4.69, 9.17) is 0 Å². The molecule has 0 aliphatic rings. The van der Waals surface area contributed by atoms with E-state index in [1.54, 1.807) is 13.0 Å². The lowest BCUT2D eigenvalue weighted by Crippen LogP contribution is -2.38. The molecule has 0 radical (unpaired) electrons. The smallest absolute Gasteiger partial charge is 0.252 e. The van der Waals surface area contributed by atoms with Crippen LogP contribution in [0.25, 0.3) is 11.1 Å². The zero-order chi connectivity index (χ0) is 17.0. The standard InChI is InChI=1S/C20H19NO2S/c1-20(23,16-11-12-24-13-16)14-21-19(22)18-10-6-5-9-17(18)15-7-3-2-4-8-15/h2-13,23H,14H2,1H3,(H,21,22). The highest BCUT2D eigenvalue weighted by Crippen LogP contribution is 2.25. The number of aliphatic hydroxyl groups is 1. The van der Waals surface area contributed by atoms with Crippen molar-refractivity contribution in [3.05, 3.63) is 82.6 Å². The summed E-state index contributed by atoms with van der Waals surface area (Å²) in [6, 6.07) is 19.2. The SMILES string of the molecule is CC(O)(CNC(=O)c1ccccc1-c1ccccc1)c1ccsc1. The fourth-order valence-electron chi connectivity index (χ4n) is 2.57. The molecular formula is C20H19NO2S. The van der Waals surface area contributed by atoms with Crippen LogP contribution in [0.2, 0.25) is 0 Å². The van der Waals surface area contributed by atoms with Crippen molar-refractivity contribution < 1.29 is 9.90 Å². The van der Waals surface area contributed by atoms with Crippen LogP contribution in [0, 0.1) is 0 Å². The molecule has 1 aromatic heterocycles. The van der Waals surface area contributed by atoms with E-state index in [1.165, 1.54) is 11.3 Å². The van der Waals surface area contributed by atoms with Crippen molar-refractivity contribution in [2.75, 3.05) is 6.54 Å². The minimum Gasteiger partial charge on any atom is -0.384 e. The van der Waals surface area contributed by atoms with E-state index in [-0.39, 0.29) is 12.5 Å². The van der Waals surface area contributed by atoms with Crippen molar-refractivity contribution >= 4 is 17.2 Å². The molecule has 3 aromatic rings.